The van der Waals surface area contributed by atoms with E-state index in [9.17, 15) is 0 Å². The van der Waals surface area contributed by atoms with E-state index in [1.807, 2.05) is 12.3 Å². The first-order valence-electron chi connectivity index (χ1n) is 5.03. The van der Waals surface area contributed by atoms with E-state index >= 15 is 0 Å². The maximum absolute atomic E-state index is 6.07. The molecule has 2 N–H and O–H groups in total. The Labute approximate surface area is 93.8 Å². The summed E-state index contributed by atoms with van der Waals surface area (Å²) in [5, 5.41) is 4.19. The molecule has 2 rings (SSSR count). The molecule has 78 valence electrons. The van der Waals surface area contributed by atoms with Crippen molar-refractivity contribution in [2.45, 2.75) is 18.9 Å². The summed E-state index contributed by atoms with van der Waals surface area (Å²) >= 11 is 1.70. The Bertz CT molecular complexity index is 383. The molecule has 2 aromatic rings. The maximum Gasteiger partial charge on any atom is 0.0306 e. The van der Waals surface area contributed by atoms with Gasteiger partial charge in [0.05, 0.1) is 0 Å². The highest BCUT2D eigenvalue weighted by atomic mass is 32.1. The van der Waals surface area contributed by atoms with Crippen LogP contribution in [0.25, 0.3) is 0 Å². The highest BCUT2D eigenvalue weighted by Gasteiger charge is 2.06. The Balaban J connectivity index is 1.89. The molecule has 2 nitrogen and oxygen atoms in total. The van der Waals surface area contributed by atoms with Gasteiger partial charge in [0.15, 0.2) is 0 Å². The summed E-state index contributed by atoms with van der Waals surface area (Å²) < 4.78 is 0. The van der Waals surface area contributed by atoms with Gasteiger partial charge < -0.3 is 5.73 Å². The standard InChI is InChI=1S/C12H14N2S/c13-12(11-5-7-15-9-11)4-3-10-2-1-6-14-8-10/h1-2,5-9,12H,3-4,13H2. The first-order valence-corrected chi connectivity index (χ1v) is 5.97. The predicted octanol–water partition coefficient (Wildman–Crippen LogP) is 2.78. The Hall–Kier alpha value is -1.19. The fourth-order valence-corrected chi connectivity index (χ4v) is 2.25. The SMILES string of the molecule is NC(CCc1cccnc1)c1ccsc1. The Morgan fingerprint density at radius 1 is 1.40 bits per heavy atom. The van der Waals surface area contributed by atoms with Gasteiger partial charge in [0.25, 0.3) is 0 Å². The zero-order valence-corrected chi connectivity index (χ0v) is 9.28. The molecule has 0 amide bonds. The monoisotopic (exact) mass is 218 g/mol. The number of hydrogen-bond donors (Lipinski definition) is 1. The van der Waals surface area contributed by atoms with E-state index in [0.717, 1.165) is 12.8 Å². The van der Waals surface area contributed by atoms with Crippen molar-refractivity contribution in [3.8, 4) is 0 Å². The predicted molar refractivity (Wildman–Crippen MR) is 63.8 cm³/mol. The van der Waals surface area contributed by atoms with Crippen LogP contribution in [0, 0.1) is 0 Å². The van der Waals surface area contributed by atoms with Crippen molar-refractivity contribution in [3.63, 3.8) is 0 Å². The minimum absolute atomic E-state index is 0.149. The summed E-state index contributed by atoms with van der Waals surface area (Å²) in [7, 11) is 0. The molecule has 0 fully saturated rings. The lowest BCUT2D eigenvalue weighted by Gasteiger charge is -2.09. The van der Waals surface area contributed by atoms with Crippen molar-refractivity contribution >= 4 is 11.3 Å². The van der Waals surface area contributed by atoms with Gasteiger partial charge in [0, 0.05) is 18.4 Å². The highest BCUT2D eigenvalue weighted by molar-refractivity contribution is 7.07. The van der Waals surface area contributed by atoms with Crippen molar-refractivity contribution in [1.29, 1.82) is 0 Å². The van der Waals surface area contributed by atoms with Crippen molar-refractivity contribution in [1.82, 2.24) is 4.98 Å². The lowest BCUT2D eigenvalue weighted by atomic mass is 10.0. The normalized spacial score (nSPS) is 12.6. The number of nitrogens with zero attached hydrogens (tertiary/aromatic N) is 1. The number of pyridine rings is 1. The molecule has 2 heterocycles. The van der Waals surface area contributed by atoms with Crippen molar-refractivity contribution in [2.24, 2.45) is 5.73 Å². The number of thiophene rings is 1. The zero-order chi connectivity index (χ0) is 10.5. The smallest absolute Gasteiger partial charge is 0.0306 e. The van der Waals surface area contributed by atoms with Gasteiger partial charge in [-0.2, -0.15) is 11.3 Å². The average molecular weight is 218 g/mol. The first kappa shape index (κ1) is 10.3. The van der Waals surface area contributed by atoms with Gasteiger partial charge >= 0.3 is 0 Å². The van der Waals surface area contributed by atoms with Crippen LogP contribution in [-0.4, -0.2) is 4.98 Å². The fourth-order valence-electron chi connectivity index (χ4n) is 1.52. The van der Waals surface area contributed by atoms with Crippen LogP contribution >= 0.6 is 11.3 Å². The summed E-state index contributed by atoms with van der Waals surface area (Å²) in [4.78, 5) is 4.09. The largest absolute Gasteiger partial charge is 0.324 e. The van der Waals surface area contributed by atoms with E-state index in [-0.39, 0.29) is 6.04 Å². The second-order valence-electron chi connectivity index (χ2n) is 3.56. The average Bonchev–Trinajstić information content (AvgIpc) is 2.81. The molecule has 0 aromatic carbocycles. The Kier molecular flexibility index (Phi) is 3.48. The van der Waals surface area contributed by atoms with Crippen molar-refractivity contribution in [3.05, 3.63) is 52.5 Å². The van der Waals surface area contributed by atoms with Gasteiger partial charge in [0.2, 0.25) is 0 Å². The molecule has 2 aromatic heterocycles. The van der Waals surface area contributed by atoms with Crippen LogP contribution < -0.4 is 5.73 Å². The third-order valence-corrected chi connectivity index (χ3v) is 3.14. The molecular formula is C12H14N2S. The molecule has 1 atom stereocenters. The molecular weight excluding hydrogens is 204 g/mol. The zero-order valence-electron chi connectivity index (χ0n) is 8.47. The number of hydrogen-bond acceptors (Lipinski definition) is 3. The van der Waals surface area contributed by atoms with Crippen LogP contribution in [0.1, 0.15) is 23.6 Å². The topological polar surface area (TPSA) is 38.9 Å². The second kappa shape index (κ2) is 5.05. The number of aromatic nitrogens is 1. The lowest BCUT2D eigenvalue weighted by molar-refractivity contribution is 0.652. The quantitative estimate of drug-likeness (QED) is 0.857. The van der Waals surface area contributed by atoms with Crippen LogP contribution in [0.5, 0.6) is 0 Å². The van der Waals surface area contributed by atoms with E-state index < -0.39 is 0 Å². The third kappa shape index (κ3) is 2.88. The van der Waals surface area contributed by atoms with E-state index in [1.54, 1.807) is 17.5 Å². The van der Waals surface area contributed by atoms with Crippen molar-refractivity contribution < 1.29 is 0 Å². The molecule has 15 heavy (non-hydrogen) atoms. The number of aryl methyl sites for hydroxylation is 1. The molecule has 0 saturated heterocycles. The summed E-state index contributed by atoms with van der Waals surface area (Å²) in [5.41, 5.74) is 8.57. The van der Waals surface area contributed by atoms with Crippen molar-refractivity contribution in [2.75, 3.05) is 0 Å². The lowest BCUT2D eigenvalue weighted by Crippen LogP contribution is -2.10. The summed E-state index contributed by atoms with van der Waals surface area (Å²) in [6.07, 6.45) is 5.66. The molecule has 0 spiro atoms. The van der Waals surface area contributed by atoms with Gasteiger partial charge in [-0.3, -0.25) is 4.98 Å². The molecule has 0 aliphatic carbocycles. The summed E-state index contributed by atoms with van der Waals surface area (Å²) in [6.45, 7) is 0. The number of rotatable bonds is 4. The highest BCUT2D eigenvalue weighted by Crippen LogP contribution is 2.18. The Morgan fingerprint density at radius 2 is 2.33 bits per heavy atom. The van der Waals surface area contributed by atoms with Gasteiger partial charge in [-0.25, -0.2) is 0 Å². The van der Waals surface area contributed by atoms with E-state index in [2.05, 4.69) is 27.9 Å². The van der Waals surface area contributed by atoms with Crippen LogP contribution in [0.3, 0.4) is 0 Å². The molecule has 0 saturated carbocycles. The first-order chi connectivity index (χ1) is 7.36. The van der Waals surface area contributed by atoms with Gasteiger partial charge in [-0.05, 0) is 46.9 Å². The van der Waals surface area contributed by atoms with Crippen LogP contribution in [0.15, 0.2) is 41.4 Å². The third-order valence-electron chi connectivity index (χ3n) is 2.44. The molecule has 3 heteroatoms. The van der Waals surface area contributed by atoms with Gasteiger partial charge in [-0.15, -0.1) is 0 Å². The van der Waals surface area contributed by atoms with E-state index in [0.29, 0.717) is 0 Å². The van der Waals surface area contributed by atoms with Gasteiger partial charge in [-0.1, -0.05) is 6.07 Å². The van der Waals surface area contributed by atoms with Crippen LogP contribution in [-0.2, 0) is 6.42 Å². The minimum atomic E-state index is 0.149. The van der Waals surface area contributed by atoms with Gasteiger partial charge in [0.1, 0.15) is 0 Å². The molecule has 0 bridgehead atoms. The van der Waals surface area contributed by atoms with Crippen LogP contribution in [0.2, 0.25) is 0 Å². The van der Waals surface area contributed by atoms with E-state index in [1.165, 1.54) is 11.1 Å². The second-order valence-corrected chi connectivity index (χ2v) is 4.34. The molecule has 0 aliphatic rings. The Morgan fingerprint density at radius 3 is 3.00 bits per heavy atom. The van der Waals surface area contributed by atoms with Crippen LogP contribution in [0.4, 0.5) is 0 Å². The molecule has 0 radical (unpaired) electrons. The maximum atomic E-state index is 6.07. The summed E-state index contributed by atoms with van der Waals surface area (Å²) in [5.74, 6) is 0. The number of nitrogens with two attached hydrogens (primary N) is 1. The molecule has 1 unspecified atom stereocenters. The van der Waals surface area contributed by atoms with E-state index in [4.69, 9.17) is 5.73 Å². The minimum Gasteiger partial charge on any atom is -0.324 e. The summed E-state index contributed by atoms with van der Waals surface area (Å²) in [6, 6.07) is 6.30. The molecule has 0 aliphatic heterocycles. The fraction of sp³-hybridized carbons (Fsp3) is 0.250.